The summed E-state index contributed by atoms with van der Waals surface area (Å²) in [5, 5.41) is 5.61. The van der Waals surface area contributed by atoms with Gasteiger partial charge in [0.2, 0.25) is 0 Å². The monoisotopic (exact) mass is 765 g/mol. The molecule has 0 saturated heterocycles. The summed E-state index contributed by atoms with van der Waals surface area (Å²) in [4.78, 5) is 0. The van der Waals surface area contributed by atoms with Gasteiger partial charge in [0.05, 0.1) is 10.9 Å². The summed E-state index contributed by atoms with van der Waals surface area (Å²) in [7, 11) is 0. The Labute approximate surface area is 346 Å². The standard InChI is InChI=1S/C57H35NO2/c1-4-17-40(18-5-1)57(41-19-6-2-7-20-41)47-29-28-44-43-23-10-12-25-50(43)59-55(44)53(47)54-48(57)35-46(52-45-24-11-13-26-51(45)60-56(52)54)38-16-14-15-36(33-38)37-27-30-49-39(34-37)31-32-58(49)42-21-8-3-9-22-42/h1-35H. The molecule has 3 aromatic heterocycles. The summed E-state index contributed by atoms with van der Waals surface area (Å²) in [6, 6.07) is 74.4. The van der Waals surface area contributed by atoms with E-state index in [1.807, 2.05) is 6.07 Å². The van der Waals surface area contributed by atoms with Crippen LogP contribution in [0, 0.1) is 0 Å². The predicted molar refractivity (Wildman–Crippen MR) is 246 cm³/mol. The van der Waals surface area contributed by atoms with Crippen molar-refractivity contribution in [2.75, 3.05) is 0 Å². The second-order valence-corrected chi connectivity index (χ2v) is 16.0. The maximum atomic E-state index is 7.16. The number of rotatable bonds is 5. The minimum Gasteiger partial charge on any atom is -0.455 e. The summed E-state index contributed by atoms with van der Waals surface area (Å²) >= 11 is 0. The molecule has 1 aliphatic rings. The molecule has 9 aromatic carbocycles. The summed E-state index contributed by atoms with van der Waals surface area (Å²) in [5.74, 6) is 0. The molecule has 280 valence electrons. The van der Waals surface area contributed by atoms with E-state index in [0.717, 1.165) is 77.4 Å². The zero-order valence-corrected chi connectivity index (χ0v) is 32.5. The molecule has 0 spiro atoms. The van der Waals surface area contributed by atoms with Gasteiger partial charge in [-0.1, -0.05) is 152 Å². The van der Waals surface area contributed by atoms with Crippen molar-refractivity contribution >= 4 is 54.8 Å². The molecular formula is C57H35NO2. The summed E-state index contributed by atoms with van der Waals surface area (Å²) < 4.78 is 16.3. The summed E-state index contributed by atoms with van der Waals surface area (Å²) in [6.45, 7) is 0. The highest BCUT2D eigenvalue weighted by molar-refractivity contribution is 6.22. The first kappa shape index (κ1) is 33.1. The Hall–Kier alpha value is -7.88. The maximum absolute atomic E-state index is 7.16. The third-order valence-corrected chi connectivity index (χ3v) is 12.9. The van der Waals surface area contributed by atoms with E-state index in [2.05, 4.69) is 211 Å². The van der Waals surface area contributed by atoms with Gasteiger partial charge in [-0.05, 0) is 99.1 Å². The molecule has 3 heteroatoms. The number of nitrogens with zero attached hydrogens (tertiary/aromatic N) is 1. The average molecular weight is 766 g/mol. The van der Waals surface area contributed by atoms with Crippen molar-refractivity contribution in [3.63, 3.8) is 0 Å². The molecule has 0 aliphatic heterocycles. The Morgan fingerprint density at radius 3 is 1.78 bits per heavy atom. The van der Waals surface area contributed by atoms with Crippen molar-refractivity contribution in [3.05, 3.63) is 235 Å². The molecule has 0 atom stereocenters. The molecule has 0 bridgehead atoms. The fraction of sp³-hybridized carbons (Fsp3) is 0.0175. The van der Waals surface area contributed by atoms with E-state index in [4.69, 9.17) is 8.83 Å². The van der Waals surface area contributed by atoms with Crippen LogP contribution in [-0.2, 0) is 5.41 Å². The molecule has 3 heterocycles. The quantitative estimate of drug-likeness (QED) is 0.175. The smallest absolute Gasteiger partial charge is 0.144 e. The lowest BCUT2D eigenvalue weighted by molar-refractivity contribution is 0.665. The molecule has 1 aliphatic carbocycles. The van der Waals surface area contributed by atoms with E-state index in [9.17, 15) is 0 Å². The largest absolute Gasteiger partial charge is 0.455 e. The van der Waals surface area contributed by atoms with Crippen LogP contribution in [0.25, 0.3) is 93.8 Å². The Bertz CT molecular complexity index is 3610. The Balaban J connectivity index is 1.12. The van der Waals surface area contributed by atoms with Crippen molar-refractivity contribution in [1.82, 2.24) is 4.57 Å². The maximum Gasteiger partial charge on any atom is 0.144 e. The first-order chi connectivity index (χ1) is 29.8. The van der Waals surface area contributed by atoms with Crippen molar-refractivity contribution in [1.29, 1.82) is 0 Å². The van der Waals surface area contributed by atoms with Gasteiger partial charge in [-0.2, -0.15) is 0 Å². The first-order valence-electron chi connectivity index (χ1n) is 20.6. The fourth-order valence-electron chi connectivity index (χ4n) is 10.3. The van der Waals surface area contributed by atoms with Crippen LogP contribution < -0.4 is 0 Å². The third kappa shape index (κ3) is 4.54. The number of hydrogen-bond donors (Lipinski definition) is 0. The minimum atomic E-state index is -0.670. The van der Waals surface area contributed by atoms with Gasteiger partial charge >= 0.3 is 0 Å². The van der Waals surface area contributed by atoms with E-state index < -0.39 is 5.41 Å². The summed E-state index contributed by atoms with van der Waals surface area (Å²) in [6.07, 6.45) is 2.16. The fourth-order valence-corrected chi connectivity index (χ4v) is 10.3. The third-order valence-electron chi connectivity index (χ3n) is 12.9. The van der Waals surface area contributed by atoms with E-state index in [-0.39, 0.29) is 0 Å². The highest BCUT2D eigenvalue weighted by Gasteiger charge is 2.49. The number of fused-ring (bicyclic) bond motifs is 12. The molecule has 3 nitrogen and oxygen atoms in total. The van der Waals surface area contributed by atoms with Crippen LogP contribution in [0.4, 0.5) is 0 Å². The van der Waals surface area contributed by atoms with Gasteiger partial charge in [0.15, 0.2) is 0 Å². The number of hydrogen-bond acceptors (Lipinski definition) is 2. The van der Waals surface area contributed by atoms with Crippen molar-refractivity contribution in [2.24, 2.45) is 0 Å². The molecule has 0 N–H and O–H groups in total. The van der Waals surface area contributed by atoms with Crippen LogP contribution in [0.5, 0.6) is 0 Å². The average Bonchev–Trinajstić information content (AvgIpc) is 4.09. The molecule has 60 heavy (non-hydrogen) atoms. The predicted octanol–water partition coefficient (Wildman–Crippen LogP) is 15.1. The van der Waals surface area contributed by atoms with Crippen LogP contribution in [0.15, 0.2) is 221 Å². The van der Waals surface area contributed by atoms with Crippen LogP contribution in [0.1, 0.15) is 22.3 Å². The van der Waals surface area contributed by atoms with Gasteiger partial charge in [-0.15, -0.1) is 0 Å². The SMILES string of the molecule is c1ccc(-n2ccc3cc(-c4cccc(-c5cc6c(c7oc8ccccc8c57)-c5c(ccc7c5oc5ccccc57)C6(c5ccccc5)c5ccccc5)c4)ccc32)cc1. The van der Waals surface area contributed by atoms with Gasteiger partial charge in [0.25, 0.3) is 0 Å². The van der Waals surface area contributed by atoms with Gasteiger partial charge in [-0.25, -0.2) is 0 Å². The van der Waals surface area contributed by atoms with Crippen LogP contribution in [0.3, 0.4) is 0 Å². The van der Waals surface area contributed by atoms with Gasteiger partial charge in [0, 0.05) is 49.9 Å². The molecule has 0 amide bonds. The number of furan rings is 2. The van der Waals surface area contributed by atoms with E-state index >= 15 is 0 Å². The lowest BCUT2D eigenvalue weighted by Gasteiger charge is -2.34. The molecule has 0 unspecified atom stereocenters. The Morgan fingerprint density at radius 2 is 1.02 bits per heavy atom. The number of aromatic nitrogens is 1. The van der Waals surface area contributed by atoms with E-state index in [1.54, 1.807) is 0 Å². The second-order valence-electron chi connectivity index (χ2n) is 16.0. The first-order valence-corrected chi connectivity index (χ1v) is 20.6. The zero-order valence-electron chi connectivity index (χ0n) is 32.5. The van der Waals surface area contributed by atoms with Crippen LogP contribution >= 0.6 is 0 Å². The number of para-hydroxylation sites is 3. The van der Waals surface area contributed by atoms with Gasteiger partial charge < -0.3 is 13.4 Å². The molecular weight excluding hydrogens is 731 g/mol. The Kier molecular flexibility index (Phi) is 6.93. The molecule has 12 aromatic rings. The minimum absolute atomic E-state index is 0.670. The lowest BCUT2D eigenvalue weighted by Crippen LogP contribution is -2.28. The van der Waals surface area contributed by atoms with Crippen molar-refractivity contribution in [3.8, 4) is 39.1 Å². The Morgan fingerprint density at radius 1 is 0.400 bits per heavy atom. The van der Waals surface area contributed by atoms with E-state index in [0.29, 0.717) is 0 Å². The van der Waals surface area contributed by atoms with E-state index in [1.165, 1.54) is 38.7 Å². The molecule has 0 radical (unpaired) electrons. The number of benzene rings is 9. The van der Waals surface area contributed by atoms with Crippen LogP contribution in [0.2, 0.25) is 0 Å². The summed E-state index contributed by atoms with van der Waals surface area (Å²) in [5.41, 5.74) is 16.7. The molecule has 0 fully saturated rings. The van der Waals surface area contributed by atoms with Gasteiger partial charge in [-0.3, -0.25) is 0 Å². The highest BCUT2D eigenvalue weighted by Crippen LogP contribution is 2.62. The normalized spacial score (nSPS) is 13.1. The van der Waals surface area contributed by atoms with Crippen LogP contribution in [-0.4, -0.2) is 4.57 Å². The van der Waals surface area contributed by atoms with Gasteiger partial charge in [0.1, 0.15) is 22.3 Å². The highest BCUT2D eigenvalue weighted by atomic mass is 16.3. The van der Waals surface area contributed by atoms with Crippen molar-refractivity contribution in [2.45, 2.75) is 5.41 Å². The molecule has 13 rings (SSSR count). The molecule has 0 saturated carbocycles. The second kappa shape index (κ2) is 12.6. The lowest BCUT2D eigenvalue weighted by atomic mass is 9.67. The zero-order chi connectivity index (χ0) is 39.4. The topological polar surface area (TPSA) is 31.2 Å². The van der Waals surface area contributed by atoms with Crippen molar-refractivity contribution < 1.29 is 8.83 Å².